The van der Waals surface area contributed by atoms with Gasteiger partial charge in [-0.2, -0.15) is 0 Å². The molecule has 11 heteroatoms. The van der Waals surface area contributed by atoms with Crippen molar-refractivity contribution in [3.05, 3.63) is 56.6 Å². The number of phenols is 1. The lowest BCUT2D eigenvalue weighted by molar-refractivity contribution is -0.145. The van der Waals surface area contributed by atoms with Gasteiger partial charge in [-0.15, -0.1) is 24.8 Å². The molecule has 7 nitrogen and oxygen atoms in total. The molecule has 0 saturated heterocycles. The minimum absolute atomic E-state index is 0. The number of carbonyl (C=O) groups is 2. The maximum Gasteiger partial charge on any atom is 0.344 e. The van der Waals surface area contributed by atoms with Crippen LogP contribution in [0.2, 0.25) is 10.0 Å². The van der Waals surface area contributed by atoms with Gasteiger partial charge >= 0.3 is 5.97 Å². The molecule has 0 saturated carbocycles. The third-order valence-electron chi connectivity index (χ3n) is 3.91. The Bertz CT molecular complexity index is 884. The van der Waals surface area contributed by atoms with Crippen LogP contribution in [0, 0.1) is 0 Å². The number of halogens is 4. The number of nitrogens with two attached hydrogens (primary N) is 2. The second-order valence-corrected chi connectivity index (χ2v) is 6.47. The van der Waals surface area contributed by atoms with Gasteiger partial charge in [-0.3, -0.25) is 4.79 Å². The van der Waals surface area contributed by atoms with Crippen LogP contribution in [0.15, 0.2) is 24.3 Å². The number of rotatable bonds is 8. The lowest BCUT2D eigenvalue weighted by atomic mass is 9.97. The van der Waals surface area contributed by atoms with Crippen LogP contribution in [0.5, 0.6) is 11.5 Å². The molecule has 0 aliphatic heterocycles. The molecule has 0 aliphatic carbocycles. The zero-order valence-electron chi connectivity index (χ0n) is 15.9. The van der Waals surface area contributed by atoms with E-state index >= 15 is 0 Å². The van der Waals surface area contributed by atoms with Gasteiger partial charge in [-0.25, -0.2) is 4.79 Å². The van der Waals surface area contributed by atoms with Crippen molar-refractivity contribution in [2.24, 2.45) is 11.5 Å². The lowest BCUT2D eigenvalue weighted by Crippen LogP contribution is -2.15. The lowest BCUT2D eigenvalue weighted by Gasteiger charge is -2.13. The van der Waals surface area contributed by atoms with Crippen molar-refractivity contribution < 1.29 is 24.2 Å². The van der Waals surface area contributed by atoms with E-state index in [9.17, 15) is 14.7 Å². The van der Waals surface area contributed by atoms with Gasteiger partial charge in [0.2, 0.25) is 0 Å². The van der Waals surface area contributed by atoms with Crippen LogP contribution in [0.1, 0.15) is 34.0 Å². The predicted octanol–water partition coefficient (Wildman–Crippen LogP) is 3.63. The number of benzene rings is 2. The summed E-state index contributed by atoms with van der Waals surface area (Å²) in [6.45, 7) is 1.64. The van der Waals surface area contributed by atoms with Crippen molar-refractivity contribution in [2.75, 3.05) is 13.2 Å². The minimum Gasteiger partial charge on any atom is -0.507 e. The van der Waals surface area contributed by atoms with Crippen LogP contribution in [0.25, 0.3) is 0 Å². The molecule has 0 heterocycles. The van der Waals surface area contributed by atoms with Gasteiger partial charge in [0.1, 0.15) is 16.5 Å². The number of hydrogen-bond acceptors (Lipinski definition) is 7. The number of hydrogen-bond donors (Lipinski definition) is 3. The van der Waals surface area contributed by atoms with Crippen LogP contribution in [-0.2, 0) is 22.6 Å². The molecule has 0 aromatic heterocycles. The van der Waals surface area contributed by atoms with Crippen molar-refractivity contribution in [3.63, 3.8) is 0 Å². The van der Waals surface area contributed by atoms with E-state index in [1.165, 1.54) is 24.3 Å². The van der Waals surface area contributed by atoms with Gasteiger partial charge in [0.15, 0.2) is 12.4 Å². The van der Waals surface area contributed by atoms with Gasteiger partial charge in [0, 0.05) is 35.3 Å². The van der Waals surface area contributed by atoms with Crippen LogP contribution in [-0.4, -0.2) is 30.1 Å². The summed E-state index contributed by atoms with van der Waals surface area (Å²) in [7, 11) is 0. The molecule has 5 N–H and O–H groups in total. The van der Waals surface area contributed by atoms with E-state index in [-0.39, 0.29) is 83.8 Å². The highest BCUT2D eigenvalue weighted by Gasteiger charge is 2.20. The smallest absolute Gasteiger partial charge is 0.344 e. The molecule has 166 valence electrons. The molecule has 0 bridgehead atoms. The molecule has 0 radical (unpaired) electrons. The molecule has 30 heavy (non-hydrogen) atoms. The summed E-state index contributed by atoms with van der Waals surface area (Å²) in [6, 6.07) is 5.83. The van der Waals surface area contributed by atoms with Crippen LogP contribution in [0.4, 0.5) is 0 Å². The fraction of sp³-hybridized carbons (Fsp3) is 0.263. The van der Waals surface area contributed by atoms with Crippen molar-refractivity contribution in [3.8, 4) is 11.5 Å². The molecule has 0 spiro atoms. The van der Waals surface area contributed by atoms with Crippen molar-refractivity contribution in [1.82, 2.24) is 0 Å². The first-order chi connectivity index (χ1) is 13.3. The summed E-state index contributed by atoms with van der Waals surface area (Å²) in [6.07, 6.45) is 0. The average molecular weight is 500 g/mol. The van der Waals surface area contributed by atoms with Crippen molar-refractivity contribution >= 4 is 59.8 Å². The van der Waals surface area contributed by atoms with Gasteiger partial charge in [0.25, 0.3) is 0 Å². The molecular formula is C19H22Cl4N2O5. The number of ketones is 1. The van der Waals surface area contributed by atoms with E-state index in [2.05, 4.69) is 0 Å². The Balaban J connectivity index is 0.00000420. The van der Waals surface area contributed by atoms with E-state index in [1.54, 1.807) is 6.92 Å². The van der Waals surface area contributed by atoms with Crippen molar-refractivity contribution in [2.45, 2.75) is 20.0 Å². The molecule has 2 aromatic rings. The maximum atomic E-state index is 12.9. The van der Waals surface area contributed by atoms with Crippen LogP contribution in [0.3, 0.4) is 0 Å². The summed E-state index contributed by atoms with van der Waals surface area (Å²) >= 11 is 12.4. The highest BCUT2D eigenvalue weighted by Crippen LogP contribution is 2.36. The van der Waals surface area contributed by atoms with E-state index < -0.39 is 11.8 Å². The van der Waals surface area contributed by atoms with Gasteiger partial charge in [-0.05, 0) is 31.2 Å². The molecular weight excluding hydrogens is 478 g/mol. The normalized spacial score (nSPS) is 9.90. The van der Waals surface area contributed by atoms with Crippen LogP contribution < -0.4 is 16.2 Å². The zero-order chi connectivity index (χ0) is 20.8. The fourth-order valence-corrected chi connectivity index (χ4v) is 2.98. The molecule has 0 atom stereocenters. The molecule has 0 amide bonds. The quantitative estimate of drug-likeness (QED) is 0.374. The summed E-state index contributed by atoms with van der Waals surface area (Å²) < 4.78 is 10.1. The second-order valence-electron chi connectivity index (χ2n) is 5.71. The summed E-state index contributed by atoms with van der Waals surface area (Å²) in [5.41, 5.74) is 12.4. The van der Waals surface area contributed by atoms with Crippen molar-refractivity contribution in [1.29, 1.82) is 0 Å². The standard InChI is InChI=1S/C19H20Cl2N2O5.2ClH/c1-2-27-15(24)9-28-14-4-3-13(16(20)17(14)21)19(26)10-5-11(7-22)18(25)12(6-10)8-23;;/h3-6,25H,2,7-9,22-23H2,1H3;2*1H. The predicted molar refractivity (Wildman–Crippen MR) is 120 cm³/mol. The molecule has 0 fully saturated rings. The monoisotopic (exact) mass is 498 g/mol. The Labute approximate surface area is 196 Å². The summed E-state index contributed by atoms with van der Waals surface area (Å²) in [5.74, 6) is -0.864. The third-order valence-corrected chi connectivity index (χ3v) is 4.78. The first kappa shape index (κ1) is 28.3. The summed E-state index contributed by atoms with van der Waals surface area (Å²) in [5, 5.41) is 10.0. The summed E-state index contributed by atoms with van der Waals surface area (Å²) in [4.78, 5) is 24.3. The van der Waals surface area contributed by atoms with E-state index in [0.717, 1.165) is 0 Å². The molecule has 0 aliphatic rings. The Morgan fingerprint density at radius 2 is 1.60 bits per heavy atom. The average Bonchev–Trinajstić information content (AvgIpc) is 2.69. The van der Waals surface area contributed by atoms with Crippen LogP contribution >= 0.6 is 48.0 Å². The Kier molecular flexibility index (Phi) is 12.1. The first-order valence-electron chi connectivity index (χ1n) is 8.40. The van der Waals surface area contributed by atoms with Gasteiger partial charge in [-0.1, -0.05) is 23.2 Å². The van der Waals surface area contributed by atoms with E-state index in [1.807, 2.05) is 0 Å². The molecule has 2 rings (SSSR count). The third kappa shape index (κ3) is 6.38. The molecule has 2 aromatic carbocycles. The second kappa shape index (κ2) is 12.8. The first-order valence-corrected chi connectivity index (χ1v) is 9.15. The van der Waals surface area contributed by atoms with Gasteiger partial charge in [0.05, 0.1) is 11.6 Å². The number of esters is 1. The largest absolute Gasteiger partial charge is 0.507 e. The SMILES string of the molecule is CCOC(=O)COc1ccc(C(=O)c2cc(CN)c(O)c(CN)c2)c(Cl)c1Cl.Cl.Cl. The number of aromatic hydroxyl groups is 1. The minimum atomic E-state index is -0.553. The maximum absolute atomic E-state index is 12.9. The topological polar surface area (TPSA) is 125 Å². The highest BCUT2D eigenvalue weighted by molar-refractivity contribution is 6.45. The zero-order valence-corrected chi connectivity index (χ0v) is 19.1. The Morgan fingerprint density at radius 3 is 2.10 bits per heavy atom. The fourth-order valence-electron chi connectivity index (χ4n) is 2.52. The van der Waals surface area contributed by atoms with Gasteiger partial charge < -0.3 is 26.0 Å². The molecule has 0 unspecified atom stereocenters. The number of ether oxygens (including phenoxy) is 2. The van der Waals surface area contributed by atoms with E-state index in [0.29, 0.717) is 11.1 Å². The Hall–Kier alpha value is -1.74. The van der Waals surface area contributed by atoms with E-state index in [4.69, 9.17) is 44.1 Å². The number of phenolic OH excluding ortho intramolecular Hbond substituents is 1. The number of carbonyl (C=O) groups excluding carboxylic acids is 2. The Morgan fingerprint density at radius 1 is 1.03 bits per heavy atom. The highest BCUT2D eigenvalue weighted by atomic mass is 35.5.